The molecule has 2 bridgehead atoms. The molecule has 0 amide bonds. The van der Waals surface area contributed by atoms with Crippen LogP contribution in [-0.4, -0.2) is 50.1 Å². The Kier molecular flexibility index (Phi) is 3.82. The largest absolute Gasteiger partial charge is 0.303 e. The molecule has 3 aliphatic heterocycles. The monoisotopic (exact) mass is 361 g/mol. The van der Waals surface area contributed by atoms with E-state index in [0.717, 1.165) is 66.8 Å². The number of fused-ring (bicyclic) bond motifs is 4. The molecule has 6 nitrogen and oxygen atoms in total. The molecular weight excluding hydrogens is 338 g/mol. The van der Waals surface area contributed by atoms with Crippen LogP contribution in [0, 0.1) is 5.41 Å². The second-order valence-corrected chi connectivity index (χ2v) is 7.94. The molecule has 6 heteroatoms. The van der Waals surface area contributed by atoms with Crippen LogP contribution in [0.15, 0.2) is 36.8 Å². The predicted octanol–water partition coefficient (Wildman–Crippen LogP) is 2.63. The van der Waals surface area contributed by atoms with Gasteiger partial charge in [0.15, 0.2) is 0 Å². The molecule has 0 aromatic carbocycles. The summed E-state index contributed by atoms with van der Waals surface area (Å²) in [5, 5.41) is 5.21. The van der Waals surface area contributed by atoms with Crippen LogP contribution in [0.25, 0.3) is 22.2 Å². The quantitative estimate of drug-likeness (QED) is 0.715. The topological polar surface area (TPSA) is 63.9 Å². The summed E-state index contributed by atoms with van der Waals surface area (Å²) in [4.78, 5) is 24.9. The van der Waals surface area contributed by atoms with Gasteiger partial charge in [-0.25, -0.2) is 4.98 Å². The molecule has 6 heterocycles. The van der Waals surface area contributed by atoms with Crippen molar-refractivity contribution in [2.45, 2.75) is 25.7 Å². The second kappa shape index (κ2) is 6.23. The summed E-state index contributed by atoms with van der Waals surface area (Å²) in [6.07, 6.45) is 9.02. The van der Waals surface area contributed by atoms with Gasteiger partial charge in [0.05, 0.1) is 17.4 Å². The summed E-state index contributed by atoms with van der Waals surface area (Å²) in [6.45, 7) is 3.19. The lowest BCUT2D eigenvalue weighted by Gasteiger charge is -2.47. The van der Waals surface area contributed by atoms with Crippen molar-refractivity contribution < 1.29 is 4.79 Å². The molecular formula is C21H23N5O. The van der Waals surface area contributed by atoms with E-state index in [9.17, 15) is 4.79 Å². The number of nitrogens with zero attached hydrogens (tertiary/aromatic N) is 5. The minimum absolute atomic E-state index is 0.115. The summed E-state index contributed by atoms with van der Waals surface area (Å²) in [5.41, 5.74) is 3.46. The molecule has 3 saturated heterocycles. The highest BCUT2D eigenvalue weighted by atomic mass is 16.1. The second-order valence-electron chi connectivity index (χ2n) is 7.94. The van der Waals surface area contributed by atoms with Crippen molar-refractivity contribution in [3.8, 4) is 11.3 Å². The van der Waals surface area contributed by atoms with Gasteiger partial charge in [-0.1, -0.05) is 0 Å². The Morgan fingerprint density at radius 1 is 1.15 bits per heavy atom. The third-order valence-corrected chi connectivity index (χ3v) is 6.28. The van der Waals surface area contributed by atoms with Gasteiger partial charge in [0.2, 0.25) is 0 Å². The Hall–Kier alpha value is -2.60. The van der Waals surface area contributed by atoms with Crippen molar-refractivity contribution in [1.82, 2.24) is 24.6 Å². The van der Waals surface area contributed by atoms with Crippen LogP contribution in [0.2, 0.25) is 0 Å². The Morgan fingerprint density at radius 2 is 1.93 bits per heavy atom. The van der Waals surface area contributed by atoms with Crippen LogP contribution in [0.4, 0.5) is 0 Å². The van der Waals surface area contributed by atoms with E-state index in [1.807, 2.05) is 43.8 Å². The number of ketones is 1. The van der Waals surface area contributed by atoms with Crippen LogP contribution in [0.3, 0.4) is 0 Å². The van der Waals surface area contributed by atoms with Crippen molar-refractivity contribution in [1.29, 1.82) is 0 Å². The normalized spacial score (nSPS) is 24.4. The fourth-order valence-electron chi connectivity index (χ4n) is 4.47. The van der Waals surface area contributed by atoms with Gasteiger partial charge < -0.3 is 4.90 Å². The molecule has 3 aliphatic rings. The van der Waals surface area contributed by atoms with Crippen LogP contribution in [0.1, 0.15) is 25.0 Å². The maximum Gasteiger partial charge on any atom is 0.145 e. The van der Waals surface area contributed by atoms with Crippen molar-refractivity contribution in [3.63, 3.8) is 0 Å². The van der Waals surface area contributed by atoms with E-state index >= 15 is 0 Å². The number of hydrogen-bond acceptors (Lipinski definition) is 5. The SMILES string of the molecule is Cn1cc(-c2ccc3cnc(CC(=O)C45CCN(CC4)CC5)cc3n2)cn1. The van der Waals surface area contributed by atoms with Crippen molar-refractivity contribution in [2.24, 2.45) is 12.5 Å². The Morgan fingerprint density at radius 3 is 2.63 bits per heavy atom. The van der Waals surface area contributed by atoms with Gasteiger partial charge in [0.25, 0.3) is 0 Å². The first-order chi connectivity index (χ1) is 13.1. The fraction of sp³-hybridized carbons (Fsp3) is 0.429. The lowest BCUT2D eigenvalue weighted by molar-refractivity contribution is -0.135. The van der Waals surface area contributed by atoms with Crippen molar-refractivity contribution in [2.75, 3.05) is 19.6 Å². The van der Waals surface area contributed by atoms with Gasteiger partial charge >= 0.3 is 0 Å². The summed E-state index contributed by atoms with van der Waals surface area (Å²) in [6, 6.07) is 5.99. The van der Waals surface area contributed by atoms with Crippen LogP contribution >= 0.6 is 0 Å². The maximum absolute atomic E-state index is 13.1. The molecule has 0 N–H and O–H groups in total. The van der Waals surface area contributed by atoms with Gasteiger partial charge in [0, 0.05) is 47.9 Å². The zero-order chi connectivity index (χ0) is 18.4. The number of carbonyl (C=O) groups excluding carboxylic acids is 1. The molecule has 0 spiro atoms. The molecule has 138 valence electrons. The average molecular weight is 361 g/mol. The Balaban J connectivity index is 1.42. The van der Waals surface area contributed by atoms with Crippen LogP contribution in [-0.2, 0) is 18.3 Å². The van der Waals surface area contributed by atoms with E-state index in [1.165, 1.54) is 0 Å². The zero-order valence-corrected chi connectivity index (χ0v) is 15.6. The highest BCUT2D eigenvalue weighted by molar-refractivity contribution is 5.88. The molecule has 0 radical (unpaired) electrons. The van der Waals surface area contributed by atoms with Crippen LogP contribution < -0.4 is 0 Å². The predicted molar refractivity (Wildman–Crippen MR) is 103 cm³/mol. The lowest BCUT2D eigenvalue weighted by Crippen LogP contribution is -2.52. The van der Waals surface area contributed by atoms with Gasteiger partial charge in [-0.3, -0.25) is 14.5 Å². The molecule has 0 atom stereocenters. The van der Waals surface area contributed by atoms with E-state index in [-0.39, 0.29) is 5.41 Å². The van der Waals surface area contributed by atoms with Gasteiger partial charge in [0.1, 0.15) is 5.78 Å². The van der Waals surface area contributed by atoms with E-state index in [1.54, 1.807) is 4.68 Å². The molecule has 3 aromatic heterocycles. The minimum atomic E-state index is -0.115. The highest BCUT2D eigenvalue weighted by Gasteiger charge is 2.44. The van der Waals surface area contributed by atoms with Gasteiger partial charge in [-0.05, 0) is 57.1 Å². The fourth-order valence-corrected chi connectivity index (χ4v) is 4.47. The number of piperidine rings is 3. The molecule has 3 fully saturated rings. The average Bonchev–Trinajstić information content (AvgIpc) is 3.15. The number of Topliss-reactive ketones (excluding diaryl/α,β-unsaturated/α-hetero) is 1. The first kappa shape index (κ1) is 16.6. The lowest BCUT2D eigenvalue weighted by atomic mass is 9.68. The number of aryl methyl sites for hydroxylation is 1. The smallest absolute Gasteiger partial charge is 0.145 e. The first-order valence-corrected chi connectivity index (χ1v) is 9.62. The van der Waals surface area contributed by atoms with E-state index in [4.69, 9.17) is 4.98 Å². The first-order valence-electron chi connectivity index (χ1n) is 9.62. The number of rotatable bonds is 4. The third kappa shape index (κ3) is 2.94. The molecule has 0 aliphatic carbocycles. The molecule has 0 unspecified atom stereocenters. The van der Waals surface area contributed by atoms with E-state index in [2.05, 4.69) is 15.0 Å². The molecule has 6 rings (SSSR count). The summed E-state index contributed by atoms with van der Waals surface area (Å²) in [7, 11) is 1.90. The molecule has 0 saturated carbocycles. The Bertz CT molecular complexity index is 1000. The summed E-state index contributed by atoms with van der Waals surface area (Å²) >= 11 is 0. The number of pyridine rings is 2. The summed E-state index contributed by atoms with van der Waals surface area (Å²) < 4.78 is 1.77. The minimum Gasteiger partial charge on any atom is -0.303 e. The third-order valence-electron chi connectivity index (χ3n) is 6.28. The van der Waals surface area contributed by atoms with Crippen molar-refractivity contribution >= 4 is 16.7 Å². The van der Waals surface area contributed by atoms with Gasteiger partial charge in [-0.15, -0.1) is 0 Å². The standard InChI is InChI=1S/C21H23N5O/c1-25-14-16(13-23-25)18-3-2-15-12-22-17(10-19(15)24-18)11-20(27)21-4-7-26(8-5-21)9-6-21/h2-3,10,12-14H,4-9,11H2,1H3. The number of carbonyl (C=O) groups is 1. The Labute approximate surface area is 158 Å². The number of hydrogen-bond donors (Lipinski definition) is 0. The van der Waals surface area contributed by atoms with Gasteiger partial charge in [-0.2, -0.15) is 5.10 Å². The van der Waals surface area contributed by atoms with E-state index < -0.39 is 0 Å². The van der Waals surface area contributed by atoms with Crippen molar-refractivity contribution in [3.05, 3.63) is 42.5 Å². The van der Waals surface area contributed by atoms with Crippen LogP contribution in [0.5, 0.6) is 0 Å². The molecule has 3 aromatic rings. The zero-order valence-electron chi connectivity index (χ0n) is 15.6. The highest BCUT2D eigenvalue weighted by Crippen LogP contribution is 2.41. The van der Waals surface area contributed by atoms with E-state index in [0.29, 0.717) is 12.2 Å². The summed E-state index contributed by atoms with van der Waals surface area (Å²) in [5.74, 6) is 0.358. The maximum atomic E-state index is 13.1. The molecule has 27 heavy (non-hydrogen) atoms. The number of aromatic nitrogens is 4.